The molecule has 0 unspecified atom stereocenters. The normalized spacial score (nSPS) is 11.7. The van der Waals surface area contributed by atoms with Gasteiger partial charge >= 0.3 is 6.18 Å². The Kier molecular flexibility index (Phi) is 4.58. The van der Waals surface area contributed by atoms with Gasteiger partial charge in [-0.1, -0.05) is 23.4 Å². The third-order valence-electron chi connectivity index (χ3n) is 2.58. The lowest BCUT2D eigenvalue weighted by atomic mass is 10.2. The third kappa shape index (κ3) is 3.98. The van der Waals surface area contributed by atoms with Crippen molar-refractivity contribution in [1.29, 1.82) is 0 Å². The van der Waals surface area contributed by atoms with Gasteiger partial charge in [0.1, 0.15) is 0 Å². The highest BCUT2D eigenvalue weighted by atomic mass is 35.5. The molecule has 0 aliphatic carbocycles. The first-order valence-electron chi connectivity index (χ1n) is 5.67. The Hall–Kier alpha value is -1.54. The third-order valence-corrected chi connectivity index (χ3v) is 3.81. The Morgan fingerprint density at radius 3 is 2.71 bits per heavy atom. The lowest BCUT2D eigenvalue weighted by Gasteiger charge is -2.09. The van der Waals surface area contributed by atoms with Crippen molar-refractivity contribution in [3.63, 3.8) is 0 Å². The summed E-state index contributed by atoms with van der Waals surface area (Å²) in [7, 11) is 0. The number of thioether (sulfide) groups is 1. The molecule has 112 valence electrons. The van der Waals surface area contributed by atoms with E-state index in [4.69, 9.17) is 11.6 Å². The Bertz CT molecular complexity index is 697. The minimum Gasteiger partial charge on any atom is -0.301 e. The maximum absolute atomic E-state index is 12.6. The Labute approximate surface area is 126 Å². The summed E-state index contributed by atoms with van der Waals surface area (Å²) in [5.74, 6) is 0.275. The van der Waals surface area contributed by atoms with Gasteiger partial charge in [0, 0.05) is 24.2 Å². The minimum atomic E-state index is -4.66. The highest BCUT2D eigenvalue weighted by Gasteiger charge is 2.33. The number of nitrogens with one attached hydrogen (secondary N) is 1. The molecule has 0 bridgehead atoms. The van der Waals surface area contributed by atoms with E-state index in [-0.39, 0.29) is 10.9 Å². The van der Waals surface area contributed by atoms with Gasteiger partial charge in [0.25, 0.3) is 5.56 Å². The molecule has 0 spiro atoms. The van der Waals surface area contributed by atoms with E-state index in [1.165, 1.54) is 6.20 Å². The lowest BCUT2D eigenvalue weighted by molar-refractivity contribution is -0.141. The van der Waals surface area contributed by atoms with E-state index in [0.29, 0.717) is 11.1 Å². The molecular formula is C12H9ClF3N3OS. The first kappa shape index (κ1) is 15.8. The molecule has 0 amide bonds. The average Bonchev–Trinajstić information content (AvgIpc) is 2.36. The van der Waals surface area contributed by atoms with Gasteiger partial charge in [-0.05, 0) is 18.1 Å². The van der Waals surface area contributed by atoms with E-state index in [0.717, 1.165) is 22.9 Å². The second-order valence-electron chi connectivity index (χ2n) is 4.14. The van der Waals surface area contributed by atoms with E-state index in [1.807, 2.05) is 0 Å². The maximum atomic E-state index is 12.6. The van der Waals surface area contributed by atoms with E-state index < -0.39 is 17.4 Å². The van der Waals surface area contributed by atoms with Crippen LogP contribution < -0.4 is 5.56 Å². The molecule has 0 atom stereocenters. The van der Waals surface area contributed by atoms with E-state index in [2.05, 4.69) is 15.0 Å². The summed E-state index contributed by atoms with van der Waals surface area (Å²) >= 11 is 6.95. The summed E-state index contributed by atoms with van der Waals surface area (Å²) in [6, 6.07) is 0.425. The number of hydrogen-bond acceptors (Lipinski definition) is 4. The molecule has 2 aromatic rings. The molecule has 1 N–H and O–H groups in total. The minimum absolute atomic E-state index is 0.109. The van der Waals surface area contributed by atoms with Crippen molar-refractivity contribution >= 4 is 23.4 Å². The molecule has 2 rings (SSSR count). The lowest BCUT2D eigenvalue weighted by Crippen LogP contribution is -2.16. The molecule has 0 aromatic carbocycles. The quantitative estimate of drug-likeness (QED) is 0.689. The standard InChI is InChI=1S/C12H9ClF3N3OS/c1-6-3-17-4-8(13)7(6)5-21-11-18-9(12(14,15)16)2-10(20)19-11/h2-4H,5H2,1H3,(H,18,19,20). The number of rotatable bonds is 3. The molecule has 21 heavy (non-hydrogen) atoms. The van der Waals surface area contributed by atoms with Gasteiger partial charge in [-0.25, -0.2) is 4.98 Å². The van der Waals surface area contributed by atoms with Crippen molar-refractivity contribution in [2.45, 2.75) is 24.0 Å². The van der Waals surface area contributed by atoms with Crippen molar-refractivity contribution in [3.8, 4) is 0 Å². The van der Waals surface area contributed by atoms with E-state index in [1.54, 1.807) is 13.1 Å². The topological polar surface area (TPSA) is 58.6 Å². The smallest absolute Gasteiger partial charge is 0.301 e. The van der Waals surface area contributed by atoms with Crippen LogP contribution in [0.1, 0.15) is 16.8 Å². The van der Waals surface area contributed by atoms with Crippen LogP contribution in [0.25, 0.3) is 0 Å². The molecular weight excluding hydrogens is 327 g/mol. The monoisotopic (exact) mass is 335 g/mol. The van der Waals surface area contributed by atoms with Gasteiger partial charge in [-0.2, -0.15) is 13.2 Å². The van der Waals surface area contributed by atoms with Crippen LogP contribution in [0.3, 0.4) is 0 Å². The fourth-order valence-corrected chi connectivity index (χ4v) is 2.88. The number of aryl methyl sites for hydroxylation is 1. The van der Waals surface area contributed by atoms with Gasteiger partial charge < -0.3 is 4.98 Å². The first-order chi connectivity index (χ1) is 9.77. The fourth-order valence-electron chi connectivity index (χ4n) is 1.53. The van der Waals surface area contributed by atoms with Gasteiger partial charge in [0.05, 0.1) is 5.02 Å². The summed E-state index contributed by atoms with van der Waals surface area (Å²) in [5.41, 5.74) is -0.523. The predicted molar refractivity (Wildman–Crippen MR) is 73.4 cm³/mol. The predicted octanol–water partition coefficient (Wildman–Crippen LogP) is 3.44. The summed E-state index contributed by atoms with van der Waals surface area (Å²) in [6.45, 7) is 1.79. The number of pyridine rings is 1. The zero-order valence-corrected chi connectivity index (χ0v) is 12.2. The summed E-state index contributed by atoms with van der Waals surface area (Å²) in [4.78, 5) is 20.8. The Balaban J connectivity index is 2.25. The zero-order chi connectivity index (χ0) is 15.6. The molecule has 0 aliphatic rings. The molecule has 0 saturated heterocycles. The average molecular weight is 336 g/mol. The second kappa shape index (κ2) is 6.07. The molecule has 4 nitrogen and oxygen atoms in total. The largest absolute Gasteiger partial charge is 0.433 e. The van der Waals surface area contributed by atoms with Gasteiger partial charge in [0.2, 0.25) is 0 Å². The molecule has 2 aromatic heterocycles. The number of nitrogens with zero attached hydrogens (tertiary/aromatic N) is 2. The molecule has 0 saturated carbocycles. The van der Waals surface area contributed by atoms with Gasteiger partial charge in [0.15, 0.2) is 10.9 Å². The van der Waals surface area contributed by atoms with Crippen molar-refractivity contribution < 1.29 is 13.2 Å². The van der Waals surface area contributed by atoms with E-state index >= 15 is 0 Å². The fraction of sp³-hybridized carbons (Fsp3) is 0.250. The van der Waals surface area contributed by atoms with Gasteiger partial charge in [-0.15, -0.1) is 0 Å². The number of H-pyrrole nitrogens is 1. The second-order valence-corrected chi connectivity index (χ2v) is 5.51. The van der Waals surface area contributed by atoms with Crippen LogP contribution in [-0.2, 0) is 11.9 Å². The van der Waals surface area contributed by atoms with Crippen molar-refractivity contribution in [2.75, 3.05) is 0 Å². The SMILES string of the molecule is Cc1cncc(Cl)c1CSc1nc(C(F)(F)F)cc(=O)[nH]1. The molecule has 0 fully saturated rings. The number of hydrogen-bond donors (Lipinski definition) is 1. The van der Waals surface area contributed by atoms with E-state index in [9.17, 15) is 18.0 Å². The number of alkyl halides is 3. The molecule has 0 radical (unpaired) electrons. The summed E-state index contributed by atoms with van der Waals surface area (Å²) < 4.78 is 37.8. The highest BCUT2D eigenvalue weighted by Crippen LogP contribution is 2.29. The summed E-state index contributed by atoms with van der Waals surface area (Å²) in [5, 5.41) is 0.305. The number of halogens is 4. The molecule has 0 aliphatic heterocycles. The van der Waals surface area contributed by atoms with Crippen molar-refractivity contribution in [3.05, 3.63) is 50.7 Å². The number of aromatic amines is 1. The van der Waals surface area contributed by atoms with Crippen LogP contribution in [0.2, 0.25) is 5.02 Å². The van der Waals surface area contributed by atoms with Crippen molar-refractivity contribution in [1.82, 2.24) is 15.0 Å². The van der Waals surface area contributed by atoms with Crippen LogP contribution in [0.4, 0.5) is 13.2 Å². The van der Waals surface area contributed by atoms with Crippen LogP contribution in [0.15, 0.2) is 28.4 Å². The van der Waals surface area contributed by atoms with Gasteiger partial charge in [-0.3, -0.25) is 9.78 Å². The molecule has 2 heterocycles. The molecule has 9 heteroatoms. The zero-order valence-electron chi connectivity index (χ0n) is 10.7. The summed E-state index contributed by atoms with van der Waals surface area (Å²) in [6.07, 6.45) is -1.61. The van der Waals surface area contributed by atoms with Crippen LogP contribution in [0, 0.1) is 6.92 Å². The highest BCUT2D eigenvalue weighted by molar-refractivity contribution is 7.98. The first-order valence-corrected chi connectivity index (χ1v) is 7.04. The Morgan fingerprint density at radius 2 is 2.10 bits per heavy atom. The maximum Gasteiger partial charge on any atom is 0.433 e. The van der Waals surface area contributed by atoms with Crippen LogP contribution in [0.5, 0.6) is 0 Å². The van der Waals surface area contributed by atoms with Crippen LogP contribution in [-0.4, -0.2) is 15.0 Å². The van der Waals surface area contributed by atoms with Crippen molar-refractivity contribution in [2.24, 2.45) is 0 Å². The number of aromatic nitrogens is 3. The van der Waals surface area contributed by atoms with Crippen LogP contribution >= 0.6 is 23.4 Å². The Morgan fingerprint density at radius 1 is 1.38 bits per heavy atom.